The van der Waals surface area contributed by atoms with Gasteiger partial charge >= 0.3 is 5.97 Å². The van der Waals surface area contributed by atoms with Crippen molar-refractivity contribution in [2.45, 2.75) is 45.6 Å². The topological polar surface area (TPSA) is 133 Å². The number of aryl methyl sites for hydroxylation is 2. The first-order chi connectivity index (χ1) is 18.2. The second-order valence-corrected chi connectivity index (χ2v) is 13.0. The molecule has 4 rings (SSSR count). The molecule has 0 saturated carbocycles. The van der Waals surface area contributed by atoms with Crippen LogP contribution in [0, 0.1) is 0 Å². The number of carbonyl (C=O) groups is 3. The standard InChI is InChI=1S/C25H29N3O7S3/c1-4-28-17-11-10-15(34-2)12-19(17)37-25(28)27-21(30)14-38(32,33)13-20(29)26-23-22(24(31)35-3)16-8-6-5-7-9-18(16)36-23/h10-12H,4-9,13-14H2,1-3H3,(H,26,29). The van der Waals surface area contributed by atoms with Gasteiger partial charge in [-0.15, -0.1) is 11.3 Å². The first kappa shape index (κ1) is 28.0. The van der Waals surface area contributed by atoms with Crippen molar-refractivity contribution in [3.05, 3.63) is 39.0 Å². The van der Waals surface area contributed by atoms with Crippen molar-refractivity contribution in [2.24, 2.45) is 4.99 Å². The Morgan fingerprint density at radius 3 is 2.55 bits per heavy atom. The highest BCUT2D eigenvalue weighted by atomic mass is 32.2. The van der Waals surface area contributed by atoms with Gasteiger partial charge in [-0.2, -0.15) is 4.99 Å². The summed E-state index contributed by atoms with van der Waals surface area (Å²) in [6, 6.07) is 5.47. The number of hydrogen-bond donors (Lipinski definition) is 1. The van der Waals surface area contributed by atoms with Crippen LogP contribution in [-0.4, -0.2) is 56.5 Å². The first-order valence-electron chi connectivity index (χ1n) is 12.1. The summed E-state index contributed by atoms with van der Waals surface area (Å²) in [5, 5.41) is 2.86. The second kappa shape index (κ2) is 11.8. The van der Waals surface area contributed by atoms with Crippen LogP contribution in [0.4, 0.5) is 5.00 Å². The van der Waals surface area contributed by atoms with Crippen molar-refractivity contribution >= 4 is 65.5 Å². The Balaban J connectivity index is 1.50. The smallest absolute Gasteiger partial charge is 0.341 e. The number of thiazole rings is 1. The molecular formula is C25H29N3O7S3. The minimum Gasteiger partial charge on any atom is -0.497 e. The predicted octanol–water partition coefficient (Wildman–Crippen LogP) is 3.33. The van der Waals surface area contributed by atoms with E-state index in [1.54, 1.807) is 13.2 Å². The molecule has 0 atom stereocenters. The van der Waals surface area contributed by atoms with Crippen LogP contribution in [-0.2, 0) is 43.5 Å². The number of rotatable bonds is 8. The molecule has 0 bridgehead atoms. The number of methoxy groups -OCH3 is 2. The lowest BCUT2D eigenvalue weighted by Gasteiger charge is -2.07. The van der Waals surface area contributed by atoms with Crippen LogP contribution in [0.2, 0.25) is 0 Å². The lowest BCUT2D eigenvalue weighted by molar-refractivity contribution is -0.115. The Morgan fingerprint density at radius 2 is 1.84 bits per heavy atom. The number of ether oxygens (including phenoxy) is 2. The van der Waals surface area contributed by atoms with E-state index in [0.717, 1.165) is 46.3 Å². The molecule has 1 aliphatic carbocycles. The van der Waals surface area contributed by atoms with Gasteiger partial charge in [0.15, 0.2) is 14.6 Å². The largest absolute Gasteiger partial charge is 0.497 e. The summed E-state index contributed by atoms with van der Waals surface area (Å²) in [5.74, 6) is -3.41. The van der Waals surface area contributed by atoms with Crippen molar-refractivity contribution in [3.63, 3.8) is 0 Å². The van der Waals surface area contributed by atoms with Gasteiger partial charge < -0.3 is 19.4 Å². The van der Waals surface area contributed by atoms with Crippen molar-refractivity contribution in [2.75, 3.05) is 31.0 Å². The minimum atomic E-state index is -4.12. The molecule has 1 N–H and O–H groups in total. The molecule has 10 nitrogen and oxygen atoms in total. The third-order valence-electron chi connectivity index (χ3n) is 6.18. The maximum Gasteiger partial charge on any atom is 0.341 e. The minimum absolute atomic E-state index is 0.282. The van der Waals surface area contributed by atoms with E-state index >= 15 is 0 Å². The van der Waals surface area contributed by atoms with E-state index in [-0.39, 0.29) is 10.6 Å². The summed E-state index contributed by atoms with van der Waals surface area (Å²) in [5.41, 5.74) is 2.00. The molecule has 38 heavy (non-hydrogen) atoms. The average molecular weight is 580 g/mol. The third kappa shape index (κ3) is 6.16. The van der Waals surface area contributed by atoms with E-state index in [1.807, 2.05) is 23.6 Å². The van der Waals surface area contributed by atoms with Gasteiger partial charge in [0.25, 0.3) is 5.91 Å². The van der Waals surface area contributed by atoms with Gasteiger partial charge in [-0.25, -0.2) is 13.2 Å². The fourth-order valence-corrected chi connectivity index (χ4v) is 7.91. The zero-order chi connectivity index (χ0) is 27.4. The highest BCUT2D eigenvalue weighted by Gasteiger charge is 2.28. The molecule has 2 heterocycles. The predicted molar refractivity (Wildman–Crippen MR) is 147 cm³/mol. The maximum atomic E-state index is 12.7. The second-order valence-electron chi connectivity index (χ2n) is 8.81. The molecule has 0 spiro atoms. The number of amides is 2. The number of carbonyl (C=O) groups excluding carboxylic acids is 3. The first-order valence-corrected chi connectivity index (χ1v) is 15.6. The van der Waals surface area contributed by atoms with Gasteiger partial charge in [-0.3, -0.25) is 9.59 Å². The highest BCUT2D eigenvalue weighted by molar-refractivity contribution is 7.92. The Kier molecular flexibility index (Phi) is 8.68. The Bertz CT molecular complexity index is 1560. The van der Waals surface area contributed by atoms with E-state index in [9.17, 15) is 22.8 Å². The zero-order valence-corrected chi connectivity index (χ0v) is 23.8. The van der Waals surface area contributed by atoms with Crippen molar-refractivity contribution in [3.8, 4) is 5.75 Å². The number of benzene rings is 1. The number of sulfone groups is 1. The summed E-state index contributed by atoms with van der Waals surface area (Å²) in [6.07, 6.45) is 4.44. The molecule has 0 radical (unpaired) electrons. The Labute approximate surface area is 228 Å². The monoisotopic (exact) mass is 579 g/mol. The van der Waals surface area contributed by atoms with Crippen LogP contribution in [0.5, 0.6) is 5.75 Å². The van der Waals surface area contributed by atoms with Gasteiger partial charge in [0.2, 0.25) is 5.91 Å². The summed E-state index contributed by atoms with van der Waals surface area (Å²) in [4.78, 5) is 43.2. The Morgan fingerprint density at radius 1 is 1.08 bits per heavy atom. The van der Waals surface area contributed by atoms with Crippen LogP contribution >= 0.6 is 22.7 Å². The summed E-state index contributed by atoms with van der Waals surface area (Å²) >= 11 is 2.52. The number of esters is 1. The number of fused-ring (bicyclic) bond motifs is 2. The zero-order valence-electron chi connectivity index (χ0n) is 21.4. The van der Waals surface area contributed by atoms with Crippen LogP contribution in [0.15, 0.2) is 23.2 Å². The lowest BCUT2D eigenvalue weighted by Crippen LogP contribution is -2.28. The van der Waals surface area contributed by atoms with E-state index in [0.29, 0.717) is 23.5 Å². The number of hydrogen-bond acceptors (Lipinski definition) is 9. The van der Waals surface area contributed by atoms with Gasteiger partial charge in [-0.05, 0) is 56.4 Å². The fourth-order valence-electron chi connectivity index (χ4n) is 4.46. The average Bonchev–Trinajstić information content (AvgIpc) is 3.28. The molecule has 0 unspecified atom stereocenters. The van der Waals surface area contributed by atoms with Crippen LogP contribution < -0.4 is 14.9 Å². The van der Waals surface area contributed by atoms with E-state index in [2.05, 4.69) is 10.3 Å². The van der Waals surface area contributed by atoms with E-state index in [1.165, 1.54) is 29.8 Å². The molecule has 1 aliphatic rings. The van der Waals surface area contributed by atoms with Crippen molar-refractivity contribution in [1.29, 1.82) is 0 Å². The number of aromatic nitrogens is 1. The van der Waals surface area contributed by atoms with Gasteiger partial charge in [0.1, 0.15) is 22.3 Å². The molecule has 3 aromatic rings. The quantitative estimate of drug-likeness (QED) is 0.320. The van der Waals surface area contributed by atoms with Gasteiger partial charge in [0, 0.05) is 11.4 Å². The van der Waals surface area contributed by atoms with E-state index in [4.69, 9.17) is 9.47 Å². The molecule has 0 aliphatic heterocycles. The maximum absolute atomic E-state index is 12.7. The fraction of sp³-hybridized carbons (Fsp3) is 0.440. The number of nitrogens with zero attached hydrogens (tertiary/aromatic N) is 2. The number of thiophene rings is 1. The molecule has 2 amide bonds. The van der Waals surface area contributed by atoms with Crippen LogP contribution in [0.1, 0.15) is 47.0 Å². The highest BCUT2D eigenvalue weighted by Crippen LogP contribution is 2.38. The molecule has 0 saturated heterocycles. The van der Waals surface area contributed by atoms with Gasteiger partial charge in [0.05, 0.1) is 30.0 Å². The van der Waals surface area contributed by atoms with Crippen molar-refractivity contribution in [1.82, 2.24) is 4.57 Å². The lowest BCUT2D eigenvalue weighted by atomic mass is 10.1. The Hall–Kier alpha value is -3.03. The van der Waals surface area contributed by atoms with Crippen LogP contribution in [0.25, 0.3) is 10.2 Å². The van der Waals surface area contributed by atoms with E-state index < -0.39 is 39.1 Å². The number of anilines is 1. The van der Waals surface area contributed by atoms with Crippen molar-refractivity contribution < 1.29 is 32.3 Å². The SMILES string of the molecule is CCn1c(=NC(=O)CS(=O)(=O)CC(=O)Nc2sc3c(c2C(=O)OC)CCCCC3)sc2cc(OC)ccc21. The summed E-state index contributed by atoms with van der Waals surface area (Å²) in [6.45, 7) is 2.43. The summed E-state index contributed by atoms with van der Waals surface area (Å²) in [7, 11) is -1.29. The molecule has 1 aromatic carbocycles. The van der Waals surface area contributed by atoms with Gasteiger partial charge in [-0.1, -0.05) is 17.8 Å². The van der Waals surface area contributed by atoms with Crippen LogP contribution in [0.3, 0.4) is 0 Å². The molecule has 204 valence electrons. The molecule has 2 aromatic heterocycles. The molecule has 0 fully saturated rings. The summed E-state index contributed by atoms with van der Waals surface area (Å²) < 4.78 is 38.2. The molecular weight excluding hydrogens is 550 g/mol. The third-order valence-corrected chi connectivity index (χ3v) is 9.82. The molecule has 13 heteroatoms. The number of nitrogens with one attached hydrogen (secondary N) is 1. The normalized spacial score (nSPS) is 14.1.